The molecule has 0 atom stereocenters. The number of aryl methyl sites for hydroxylation is 1. The lowest BCUT2D eigenvalue weighted by atomic mass is 9.93. The van der Waals surface area contributed by atoms with Crippen LogP contribution in [0.1, 0.15) is 33.5 Å². The third-order valence-corrected chi connectivity index (χ3v) is 2.97. The van der Waals surface area contributed by atoms with Crippen LogP contribution in [0.15, 0.2) is 6.07 Å². The topological polar surface area (TPSA) is 64.3 Å². The predicted molar refractivity (Wildman–Crippen MR) is 78.7 cm³/mol. The molecule has 0 saturated carbocycles. The molecule has 0 saturated heterocycles. The normalized spacial score (nSPS) is 11.5. The van der Waals surface area contributed by atoms with Crippen LogP contribution >= 0.6 is 0 Å². The first-order valence-corrected chi connectivity index (χ1v) is 6.85. The summed E-state index contributed by atoms with van der Waals surface area (Å²) in [6, 6.07) is 1.90. The average molecular weight is 266 g/mol. The molecule has 5 nitrogen and oxygen atoms in total. The van der Waals surface area contributed by atoms with Crippen molar-refractivity contribution in [3.8, 4) is 5.88 Å². The maximum atomic E-state index is 5.81. The monoisotopic (exact) mass is 266 g/mol. The highest BCUT2D eigenvalue weighted by molar-refractivity contribution is 5.42. The summed E-state index contributed by atoms with van der Waals surface area (Å²) >= 11 is 0. The van der Waals surface area contributed by atoms with E-state index in [-0.39, 0.29) is 5.41 Å². The molecular weight excluding hydrogens is 240 g/mol. The van der Waals surface area contributed by atoms with E-state index in [2.05, 4.69) is 35.6 Å². The molecule has 0 aliphatic heterocycles. The van der Waals surface area contributed by atoms with Gasteiger partial charge < -0.3 is 15.4 Å². The number of anilines is 1. The van der Waals surface area contributed by atoms with E-state index in [1.54, 1.807) is 0 Å². The molecule has 0 fully saturated rings. The van der Waals surface area contributed by atoms with Gasteiger partial charge in [-0.25, -0.2) is 4.98 Å². The van der Waals surface area contributed by atoms with Gasteiger partial charge in [0.25, 0.3) is 0 Å². The van der Waals surface area contributed by atoms with Crippen molar-refractivity contribution in [1.29, 1.82) is 0 Å². The van der Waals surface area contributed by atoms with Gasteiger partial charge in [0.15, 0.2) is 0 Å². The van der Waals surface area contributed by atoms with E-state index in [9.17, 15) is 0 Å². The van der Waals surface area contributed by atoms with E-state index in [1.807, 2.05) is 19.9 Å². The second kappa shape index (κ2) is 6.70. The molecule has 1 aromatic rings. The lowest BCUT2D eigenvalue weighted by molar-refractivity contribution is 0.325. The van der Waals surface area contributed by atoms with Gasteiger partial charge in [-0.2, -0.15) is 4.98 Å². The Labute approximate surface area is 116 Å². The zero-order valence-electron chi connectivity index (χ0n) is 12.7. The van der Waals surface area contributed by atoms with Crippen molar-refractivity contribution < 1.29 is 4.74 Å². The third-order valence-electron chi connectivity index (χ3n) is 2.97. The van der Waals surface area contributed by atoms with E-state index in [1.165, 1.54) is 0 Å². The summed E-state index contributed by atoms with van der Waals surface area (Å²) in [5.74, 6) is 2.26. The number of nitrogens with two attached hydrogens (primary N) is 1. The van der Waals surface area contributed by atoms with Gasteiger partial charge in [0.1, 0.15) is 11.6 Å². The number of hydrogen-bond donors (Lipinski definition) is 1. The molecule has 0 aliphatic carbocycles. The number of rotatable bonds is 7. The van der Waals surface area contributed by atoms with Crippen molar-refractivity contribution in [2.75, 3.05) is 31.1 Å². The van der Waals surface area contributed by atoms with Crippen molar-refractivity contribution >= 4 is 5.82 Å². The number of ether oxygens (including phenoxy) is 1. The van der Waals surface area contributed by atoms with Crippen LogP contribution in [-0.2, 0) is 0 Å². The van der Waals surface area contributed by atoms with Crippen LogP contribution in [0.2, 0.25) is 0 Å². The van der Waals surface area contributed by atoms with Gasteiger partial charge in [-0.05, 0) is 32.7 Å². The van der Waals surface area contributed by atoms with Gasteiger partial charge in [-0.15, -0.1) is 0 Å². The zero-order valence-corrected chi connectivity index (χ0v) is 12.7. The first-order chi connectivity index (χ1) is 8.91. The molecule has 0 unspecified atom stereocenters. The molecule has 0 aliphatic rings. The van der Waals surface area contributed by atoms with E-state index in [0.717, 1.165) is 24.7 Å². The molecule has 2 N–H and O–H groups in total. The summed E-state index contributed by atoms with van der Waals surface area (Å²) in [6.07, 6.45) is 0. The maximum Gasteiger partial charge on any atom is 0.218 e. The van der Waals surface area contributed by atoms with Crippen LogP contribution in [0.3, 0.4) is 0 Å². The smallest absolute Gasteiger partial charge is 0.218 e. The van der Waals surface area contributed by atoms with E-state index >= 15 is 0 Å². The summed E-state index contributed by atoms with van der Waals surface area (Å²) in [4.78, 5) is 11.0. The molecule has 0 amide bonds. The summed E-state index contributed by atoms with van der Waals surface area (Å²) in [6.45, 7) is 13.3. The van der Waals surface area contributed by atoms with E-state index in [4.69, 9.17) is 10.5 Å². The minimum Gasteiger partial charge on any atom is -0.478 e. The van der Waals surface area contributed by atoms with Crippen molar-refractivity contribution in [2.45, 2.75) is 34.6 Å². The summed E-state index contributed by atoms with van der Waals surface area (Å²) in [5, 5.41) is 0. The van der Waals surface area contributed by atoms with E-state index < -0.39 is 0 Å². The van der Waals surface area contributed by atoms with Crippen LogP contribution in [-0.4, -0.2) is 36.2 Å². The van der Waals surface area contributed by atoms with Crippen LogP contribution in [0.4, 0.5) is 5.82 Å². The molecule has 0 aromatic carbocycles. The number of nitrogens with zero attached hydrogens (tertiary/aromatic N) is 3. The highest BCUT2D eigenvalue weighted by atomic mass is 16.5. The number of hydrogen-bond acceptors (Lipinski definition) is 5. The molecule has 1 heterocycles. The fourth-order valence-corrected chi connectivity index (χ4v) is 1.85. The lowest BCUT2D eigenvalue weighted by Crippen LogP contribution is -2.39. The van der Waals surface area contributed by atoms with Crippen LogP contribution < -0.4 is 15.4 Å². The molecule has 0 bridgehead atoms. The Balaban J connectivity index is 2.97. The Kier molecular flexibility index (Phi) is 5.54. The van der Waals surface area contributed by atoms with Gasteiger partial charge >= 0.3 is 0 Å². The van der Waals surface area contributed by atoms with Crippen LogP contribution in [0.25, 0.3) is 0 Å². The van der Waals surface area contributed by atoms with Crippen molar-refractivity contribution in [1.82, 2.24) is 9.97 Å². The standard InChI is InChI=1S/C14H26N4O/c1-6-18(10-14(4,5)9-15)12-8-13(19-7-2)17-11(3)16-12/h8H,6-7,9-10,15H2,1-5H3. The Morgan fingerprint density at radius 1 is 1.32 bits per heavy atom. The van der Waals surface area contributed by atoms with Crippen molar-refractivity contribution in [2.24, 2.45) is 11.1 Å². The second-order valence-corrected chi connectivity index (χ2v) is 5.43. The highest BCUT2D eigenvalue weighted by Gasteiger charge is 2.21. The van der Waals surface area contributed by atoms with Gasteiger partial charge in [-0.1, -0.05) is 13.8 Å². The minimum atomic E-state index is 0.0562. The molecule has 5 heteroatoms. The average Bonchev–Trinajstić information content (AvgIpc) is 2.35. The SMILES string of the molecule is CCOc1cc(N(CC)CC(C)(C)CN)nc(C)n1. The maximum absolute atomic E-state index is 5.81. The van der Waals surface area contributed by atoms with Gasteiger partial charge in [0, 0.05) is 19.2 Å². The van der Waals surface area contributed by atoms with Gasteiger partial charge in [0.2, 0.25) is 5.88 Å². The first-order valence-electron chi connectivity index (χ1n) is 6.85. The second-order valence-electron chi connectivity index (χ2n) is 5.43. The molecule has 0 spiro atoms. The third kappa shape index (κ3) is 4.67. The van der Waals surface area contributed by atoms with Crippen molar-refractivity contribution in [3.63, 3.8) is 0 Å². The van der Waals surface area contributed by atoms with Crippen LogP contribution in [0.5, 0.6) is 5.88 Å². The fraction of sp³-hybridized carbons (Fsp3) is 0.714. The predicted octanol–water partition coefficient (Wildman–Crippen LogP) is 1.99. The van der Waals surface area contributed by atoms with Gasteiger partial charge in [0.05, 0.1) is 6.61 Å². The summed E-state index contributed by atoms with van der Waals surface area (Å²) in [7, 11) is 0. The molecule has 0 radical (unpaired) electrons. The Hall–Kier alpha value is -1.36. The first kappa shape index (κ1) is 15.7. The van der Waals surface area contributed by atoms with Crippen molar-refractivity contribution in [3.05, 3.63) is 11.9 Å². The largest absolute Gasteiger partial charge is 0.478 e. The Bertz CT molecular complexity index is 406. The quantitative estimate of drug-likeness (QED) is 0.817. The lowest BCUT2D eigenvalue weighted by Gasteiger charge is -2.32. The highest BCUT2D eigenvalue weighted by Crippen LogP contribution is 2.22. The zero-order chi connectivity index (χ0) is 14.5. The molecule has 1 aromatic heterocycles. The summed E-state index contributed by atoms with van der Waals surface area (Å²) < 4.78 is 5.48. The molecular formula is C14H26N4O. The Morgan fingerprint density at radius 3 is 2.53 bits per heavy atom. The fourth-order valence-electron chi connectivity index (χ4n) is 1.85. The minimum absolute atomic E-state index is 0.0562. The molecule has 108 valence electrons. The van der Waals surface area contributed by atoms with Crippen LogP contribution in [0, 0.1) is 12.3 Å². The molecule has 1 rings (SSSR count). The molecule has 19 heavy (non-hydrogen) atoms. The van der Waals surface area contributed by atoms with E-state index in [0.29, 0.717) is 19.0 Å². The van der Waals surface area contributed by atoms with Gasteiger partial charge in [-0.3, -0.25) is 0 Å². The number of aromatic nitrogens is 2. The summed E-state index contributed by atoms with van der Waals surface area (Å²) in [5.41, 5.74) is 5.87. The Morgan fingerprint density at radius 2 is 2.00 bits per heavy atom.